The van der Waals surface area contributed by atoms with Gasteiger partial charge in [-0.1, -0.05) is 30.3 Å². The lowest BCUT2D eigenvalue weighted by molar-refractivity contribution is -0.114. The number of carbonyl (C=O) groups is 1. The molecule has 1 amide bonds. The summed E-state index contributed by atoms with van der Waals surface area (Å²) in [7, 11) is 1.67. The van der Waals surface area contributed by atoms with Crippen molar-refractivity contribution >= 4 is 11.7 Å². The van der Waals surface area contributed by atoms with Crippen molar-refractivity contribution in [1.29, 1.82) is 0 Å². The van der Waals surface area contributed by atoms with Gasteiger partial charge in [0.15, 0.2) is 5.82 Å². The van der Waals surface area contributed by atoms with Gasteiger partial charge in [-0.2, -0.15) is 0 Å². The van der Waals surface area contributed by atoms with Crippen molar-refractivity contribution in [2.75, 3.05) is 12.4 Å². The van der Waals surface area contributed by atoms with Gasteiger partial charge < -0.3 is 10.1 Å². The van der Waals surface area contributed by atoms with E-state index >= 15 is 0 Å². The van der Waals surface area contributed by atoms with Crippen LogP contribution in [0.1, 0.15) is 18.2 Å². The minimum Gasteiger partial charge on any atom is -0.497 e. The van der Waals surface area contributed by atoms with Crippen LogP contribution in [0.15, 0.2) is 48.5 Å². The first-order valence-corrected chi connectivity index (χ1v) is 8.57. The third kappa shape index (κ3) is 2.92. The fraction of sp³-hybridized carbons (Fsp3) is 0.190. The molecule has 5 heteroatoms. The number of nitrogens with one attached hydrogen (secondary N) is 1. The SMILES string of the molecule is COc1ccc2c(c1)CCc1nc(NC(C)=O)c(-c3ccccc3)nc1-2. The summed E-state index contributed by atoms with van der Waals surface area (Å²) < 4.78 is 5.34. The number of hydrogen-bond acceptors (Lipinski definition) is 4. The van der Waals surface area contributed by atoms with Gasteiger partial charge in [-0.15, -0.1) is 0 Å². The molecule has 0 unspecified atom stereocenters. The monoisotopic (exact) mass is 345 g/mol. The lowest BCUT2D eigenvalue weighted by Crippen LogP contribution is -2.15. The number of nitrogens with zero attached hydrogens (tertiary/aromatic N) is 2. The van der Waals surface area contributed by atoms with Crippen LogP contribution in [-0.2, 0) is 17.6 Å². The van der Waals surface area contributed by atoms with E-state index in [1.165, 1.54) is 12.5 Å². The lowest BCUT2D eigenvalue weighted by Gasteiger charge is -2.21. The molecule has 0 spiro atoms. The van der Waals surface area contributed by atoms with Crippen molar-refractivity contribution in [1.82, 2.24) is 9.97 Å². The number of aryl methyl sites for hydroxylation is 2. The fourth-order valence-electron chi connectivity index (χ4n) is 3.30. The summed E-state index contributed by atoms with van der Waals surface area (Å²) in [5.41, 5.74) is 5.67. The number of amides is 1. The number of rotatable bonds is 3. The van der Waals surface area contributed by atoms with Crippen LogP contribution in [-0.4, -0.2) is 23.0 Å². The first-order chi connectivity index (χ1) is 12.7. The predicted molar refractivity (Wildman–Crippen MR) is 101 cm³/mol. The van der Waals surface area contributed by atoms with E-state index in [1.54, 1.807) is 7.11 Å². The normalized spacial score (nSPS) is 12.1. The lowest BCUT2D eigenvalue weighted by atomic mass is 9.91. The van der Waals surface area contributed by atoms with Crippen molar-refractivity contribution in [3.63, 3.8) is 0 Å². The molecule has 1 N–H and O–H groups in total. The van der Waals surface area contributed by atoms with Gasteiger partial charge in [-0.05, 0) is 36.6 Å². The first kappa shape index (κ1) is 16.3. The van der Waals surface area contributed by atoms with Gasteiger partial charge in [0.1, 0.15) is 11.4 Å². The summed E-state index contributed by atoms with van der Waals surface area (Å²) in [4.78, 5) is 21.3. The van der Waals surface area contributed by atoms with E-state index in [0.29, 0.717) is 11.5 Å². The molecule has 0 radical (unpaired) electrons. The third-order valence-corrected chi connectivity index (χ3v) is 4.51. The standard InChI is InChI=1S/C21H19N3O2/c1-13(25)22-21-19(14-6-4-3-5-7-14)24-20-17-10-9-16(26-2)12-15(17)8-11-18(20)23-21/h3-7,9-10,12H,8,11H2,1-2H3,(H,22,23,25). The highest BCUT2D eigenvalue weighted by molar-refractivity contribution is 5.92. The predicted octanol–water partition coefficient (Wildman–Crippen LogP) is 3.88. The molecule has 3 aromatic rings. The number of fused-ring (bicyclic) bond motifs is 3. The Hall–Kier alpha value is -3.21. The quantitative estimate of drug-likeness (QED) is 0.782. The van der Waals surface area contributed by atoms with Gasteiger partial charge in [0, 0.05) is 18.1 Å². The number of anilines is 1. The largest absolute Gasteiger partial charge is 0.497 e. The summed E-state index contributed by atoms with van der Waals surface area (Å²) in [5.74, 6) is 1.20. The number of methoxy groups -OCH3 is 1. The van der Waals surface area contributed by atoms with Crippen LogP contribution in [0.5, 0.6) is 5.75 Å². The van der Waals surface area contributed by atoms with Crippen molar-refractivity contribution < 1.29 is 9.53 Å². The van der Waals surface area contributed by atoms with E-state index in [-0.39, 0.29) is 5.91 Å². The zero-order chi connectivity index (χ0) is 18.1. The molecule has 5 nitrogen and oxygen atoms in total. The maximum atomic E-state index is 11.6. The highest BCUT2D eigenvalue weighted by atomic mass is 16.5. The molecule has 1 aliphatic rings. The molecule has 4 rings (SSSR count). The summed E-state index contributed by atoms with van der Waals surface area (Å²) in [6.45, 7) is 1.48. The van der Waals surface area contributed by atoms with Crippen LogP contribution in [0.3, 0.4) is 0 Å². The van der Waals surface area contributed by atoms with E-state index in [1.807, 2.05) is 42.5 Å². The fourth-order valence-corrected chi connectivity index (χ4v) is 3.30. The van der Waals surface area contributed by atoms with E-state index < -0.39 is 0 Å². The van der Waals surface area contributed by atoms with Crippen LogP contribution >= 0.6 is 0 Å². The van der Waals surface area contributed by atoms with E-state index in [2.05, 4.69) is 11.4 Å². The Kier molecular flexibility index (Phi) is 4.13. The van der Waals surface area contributed by atoms with Gasteiger partial charge in [-0.25, -0.2) is 9.97 Å². The van der Waals surface area contributed by atoms with Crippen LogP contribution in [0.4, 0.5) is 5.82 Å². The Morgan fingerprint density at radius 3 is 2.58 bits per heavy atom. The molecule has 0 saturated carbocycles. The Morgan fingerprint density at radius 1 is 1.04 bits per heavy atom. The number of carbonyl (C=O) groups excluding carboxylic acids is 1. The smallest absolute Gasteiger partial charge is 0.222 e. The summed E-state index contributed by atoms with van der Waals surface area (Å²) in [6, 6.07) is 15.8. The van der Waals surface area contributed by atoms with Crippen LogP contribution in [0.25, 0.3) is 22.5 Å². The zero-order valence-corrected chi connectivity index (χ0v) is 14.7. The topological polar surface area (TPSA) is 64.1 Å². The molecular formula is C21H19N3O2. The van der Waals surface area contributed by atoms with Gasteiger partial charge in [0.05, 0.1) is 18.5 Å². The second-order valence-corrected chi connectivity index (χ2v) is 6.29. The molecule has 0 bridgehead atoms. The zero-order valence-electron chi connectivity index (χ0n) is 14.7. The summed E-state index contributed by atoms with van der Waals surface area (Å²) in [5, 5.41) is 2.83. The van der Waals surface area contributed by atoms with E-state index in [0.717, 1.165) is 41.1 Å². The van der Waals surface area contributed by atoms with Gasteiger partial charge in [-0.3, -0.25) is 4.79 Å². The van der Waals surface area contributed by atoms with Gasteiger partial charge in [0.25, 0.3) is 0 Å². The molecule has 1 aromatic heterocycles. The van der Waals surface area contributed by atoms with Gasteiger partial charge >= 0.3 is 0 Å². The molecule has 26 heavy (non-hydrogen) atoms. The van der Waals surface area contributed by atoms with Crippen molar-refractivity contribution in [3.8, 4) is 28.3 Å². The molecule has 130 valence electrons. The Balaban J connectivity index is 1.90. The molecule has 0 saturated heterocycles. The number of hydrogen-bond donors (Lipinski definition) is 1. The Morgan fingerprint density at radius 2 is 1.85 bits per heavy atom. The average Bonchev–Trinajstić information content (AvgIpc) is 2.67. The second kappa shape index (κ2) is 6.59. The number of benzene rings is 2. The van der Waals surface area contributed by atoms with Crippen LogP contribution in [0.2, 0.25) is 0 Å². The van der Waals surface area contributed by atoms with E-state index in [4.69, 9.17) is 14.7 Å². The molecule has 1 heterocycles. The Labute approximate surface area is 152 Å². The molecule has 1 aliphatic carbocycles. The number of ether oxygens (including phenoxy) is 1. The van der Waals surface area contributed by atoms with E-state index in [9.17, 15) is 4.79 Å². The molecule has 0 aliphatic heterocycles. The molecular weight excluding hydrogens is 326 g/mol. The Bertz CT molecular complexity index is 984. The molecule has 0 fully saturated rings. The highest BCUT2D eigenvalue weighted by Gasteiger charge is 2.23. The summed E-state index contributed by atoms with van der Waals surface area (Å²) in [6.07, 6.45) is 1.66. The van der Waals surface area contributed by atoms with Crippen LogP contribution < -0.4 is 10.1 Å². The van der Waals surface area contributed by atoms with Crippen molar-refractivity contribution in [2.45, 2.75) is 19.8 Å². The molecule has 2 aromatic carbocycles. The second-order valence-electron chi connectivity index (χ2n) is 6.29. The maximum absolute atomic E-state index is 11.6. The molecule has 0 atom stereocenters. The maximum Gasteiger partial charge on any atom is 0.222 e. The minimum absolute atomic E-state index is 0.155. The minimum atomic E-state index is -0.155. The average molecular weight is 345 g/mol. The van der Waals surface area contributed by atoms with Gasteiger partial charge in [0.2, 0.25) is 5.91 Å². The van der Waals surface area contributed by atoms with Crippen molar-refractivity contribution in [2.24, 2.45) is 0 Å². The number of aromatic nitrogens is 2. The third-order valence-electron chi connectivity index (χ3n) is 4.51. The van der Waals surface area contributed by atoms with Crippen molar-refractivity contribution in [3.05, 3.63) is 59.8 Å². The van der Waals surface area contributed by atoms with Crippen LogP contribution in [0, 0.1) is 0 Å². The summed E-state index contributed by atoms with van der Waals surface area (Å²) >= 11 is 0. The first-order valence-electron chi connectivity index (χ1n) is 8.57. The highest BCUT2D eigenvalue weighted by Crippen LogP contribution is 2.36.